The zero-order valence-corrected chi connectivity index (χ0v) is 9.32. The van der Waals surface area contributed by atoms with Crippen LogP contribution in [0.5, 0.6) is 5.75 Å². The molecule has 0 atom stereocenters. The van der Waals surface area contributed by atoms with Crippen molar-refractivity contribution in [2.24, 2.45) is 0 Å². The summed E-state index contributed by atoms with van der Waals surface area (Å²) in [5, 5.41) is -0.206. The third kappa shape index (κ3) is 3.09. The van der Waals surface area contributed by atoms with Crippen LogP contribution in [-0.4, -0.2) is 18.6 Å². The zero-order chi connectivity index (χ0) is 13.2. The summed E-state index contributed by atoms with van der Waals surface area (Å²) in [6.45, 7) is 1.56. The maximum atomic E-state index is 13.5. The van der Waals surface area contributed by atoms with Crippen LogP contribution in [0.4, 0.5) is 17.6 Å². The molecule has 0 heterocycles. The quantitative estimate of drug-likeness (QED) is 0.619. The summed E-state index contributed by atoms with van der Waals surface area (Å²) in [4.78, 5) is 10.9. The summed E-state index contributed by atoms with van der Waals surface area (Å²) in [5.74, 6) is -4.13. The molecule has 1 aromatic rings. The predicted octanol–water partition coefficient (Wildman–Crippen LogP) is 3.62. The number of benzene rings is 1. The zero-order valence-electron chi connectivity index (χ0n) is 8.57. The summed E-state index contributed by atoms with van der Waals surface area (Å²) < 4.78 is 54.7. The van der Waals surface area contributed by atoms with Gasteiger partial charge >= 0.3 is 6.18 Å². The van der Waals surface area contributed by atoms with E-state index in [1.165, 1.54) is 6.92 Å². The van der Waals surface area contributed by atoms with Crippen LogP contribution in [-0.2, 0) is 0 Å². The molecular formula is C10H7ClF4O2. The molecule has 1 rings (SSSR count). The first-order valence-corrected chi connectivity index (χ1v) is 4.88. The standard InChI is InChI=1S/C10H7ClF4O2/c1-2-17-7-4-5(11)3-6(8(7)12)9(16)10(13,14)15/h3-4H,2H2,1H3. The van der Waals surface area contributed by atoms with E-state index in [0.717, 1.165) is 6.07 Å². The number of ether oxygens (including phenoxy) is 1. The number of ketones is 1. The van der Waals surface area contributed by atoms with Crippen molar-refractivity contribution in [3.63, 3.8) is 0 Å². The molecule has 0 unspecified atom stereocenters. The number of halogens is 5. The minimum absolute atomic E-state index is 0.0386. The highest BCUT2D eigenvalue weighted by Gasteiger charge is 2.41. The van der Waals surface area contributed by atoms with Gasteiger partial charge in [0.05, 0.1) is 12.2 Å². The van der Waals surface area contributed by atoms with Crippen molar-refractivity contribution in [3.8, 4) is 5.75 Å². The number of Topliss-reactive ketones (excluding diaryl/α,β-unsaturated/α-hetero) is 1. The average molecular weight is 271 g/mol. The van der Waals surface area contributed by atoms with Crippen LogP contribution in [0.1, 0.15) is 17.3 Å². The van der Waals surface area contributed by atoms with Gasteiger partial charge in [0.25, 0.3) is 5.78 Å². The molecule has 2 nitrogen and oxygen atoms in total. The predicted molar refractivity (Wildman–Crippen MR) is 53.0 cm³/mol. The maximum absolute atomic E-state index is 13.5. The smallest absolute Gasteiger partial charge is 0.454 e. The van der Waals surface area contributed by atoms with E-state index in [0.29, 0.717) is 6.07 Å². The van der Waals surface area contributed by atoms with Crippen molar-refractivity contribution in [3.05, 3.63) is 28.5 Å². The average Bonchev–Trinajstić information content (AvgIpc) is 2.21. The first-order valence-electron chi connectivity index (χ1n) is 4.50. The highest BCUT2D eigenvalue weighted by Crippen LogP contribution is 2.30. The minimum atomic E-state index is -5.16. The van der Waals surface area contributed by atoms with E-state index in [4.69, 9.17) is 16.3 Å². The molecule has 0 bridgehead atoms. The molecule has 0 N–H and O–H groups in total. The Labute approximate surface area is 99.1 Å². The molecule has 0 aromatic heterocycles. The van der Waals surface area contributed by atoms with Gasteiger partial charge in [0.1, 0.15) is 0 Å². The second-order valence-electron chi connectivity index (χ2n) is 3.03. The van der Waals surface area contributed by atoms with E-state index >= 15 is 0 Å². The Bertz CT molecular complexity index is 443. The molecule has 0 aliphatic carbocycles. The van der Waals surface area contributed by atoms with E-state index in [2.05, 4.69) is 0 Å². The fourth-order valence-electron chi connectivity index (χ4n) is 1.14. The Morgan fingerprint density at radius 1 is 1.41 bits per heavy atom. The topological polar surface area (TPSA) is 26.3 Å². The van der Waals surface area contributed by atoms with E-state index < -0.39 is 29.1 Å². The first-order chi connectivity index (χ1) is 7.77. The fraction of sp³-hybridized carbons (Fsp3) is 0.300. The Hall–Kier alpha value is -1.30. The van der Waals surface area contributed by atoms with Crippen LogP contribution in [0, 0.1) is 5.82 Å². The van der Waals surface area contributed by atoms with Gasteiger partial charge in [0.15, 0.2) is 11.6 Å². The molecule has 1 aromatic carbocycles. The molecule has 0 spiro atoms. The molecule has 7 heteroatoms. The Morgan fingerprint density at radius 2 is 2.00 bits per heavy atom. The normalized spacial score (nSPS) is 11.4. The minimum Gasteiger partial charge on any atom is -0.491 e. The summed E-state index contributed by atoms with van der Waals surface area (Å²) >= 11 is 5.49. The number of carbonyl (C=O) groups excluding carboxylic acids is 1. The van der Waals surface area contributed by atoms with E-state index in [-0.39, 0.29) is 11.6 Å². The van der Waals surface area contributed by atoms with Gasteiger partial charge in [0, 0.05) is 11.1 Å². The number of hydrogen-bond acceptors (Lipinski definition) is 2. The van der Waals surface area contributed by atoms with Crippen molar-refractivity contribution in [2.75, 3.05) is 6.61 Å². The largest absolute Gasteiger partial charge is 0.491 e. The van der Waals surface area contributed by atoms with Crippen LogP contribution in [0.2, 0.25) is 5.02 Å². The van der Waals surface area contributed by atoms with Gasteiger partial charge in [-0.05, 0) is 13.0 Å². The monoisotopic (exact) mass is 270 g/mol. The van der Waals surface area contributed by atoms with Crippen LogP contribution in [0.15, 0.2) is 12.1 Å². The second kappa shape index (κ2) is 4.91. The van der Waals surface area contributed by atoms with Crippen LogP contribution in [0.25, 0.3) is 0 Å². The summed E-state index contributed by atoms with van der Waals surface area (Å²) in [6, 6.07) is 1.63. The summed E-state index contributed by atoms with van der Waals surface area (Å²) in [6.07, 6.45) is -5.16. The third-order valence-electron chi connectivity index (χ3n) is 1.81. The van der Waals surface area contributed by atoms with Crippen LogP contribution < -0.4 is 4.74 Å². The lowest BCUT2D eigenvalue weighted by molar-refractivity contribution is -0.0887. The Balaban J connectivity index is 3.29. The SMILES string of the molecule is CCOc1cc(Cl)cc(C(=O)C(F)(F)F)c1F. The molecular weight excluding hydrogens is 264 g/mol. The molecule has 0 saturated heterocycles. The molecule has 0 saturated carbocycles. The van der Waals surface area contributed by atoms with Gasteiger partial charge in [-0.3, -0.25) is 4.79 Å². The van der Waals surface area contributed by atoms with Gasteiger partial charge in [-0.25, -0.2) is 4.39 Å². The van der Waals surface area contributed by atoms with Crippen molar-refractivity contribution >= 4 is 17.4 Å². The Morgan fingerprint density at radius 3 is 2.47 bits per heavy atom. The van der Waals surface area contributed by atoms with Gasteiger partial charge in [-0.15, -0.1) is 0 Å². The van der Waals surface area contributed by atoms with Gasteiger partial charge in [-0.2, -0.15) is 13.2 Å². The van der Waals surface area contributed by atoms with Crippen LogP contribution in [0.3, 0.4) is 0 Å². The first kappa shape index (κ1) is 13.8. The van der Waals surface area contributed by atoms with Gasteiger partial charge in [0.2, 0.25) is 0 Å². The Kier molecular flexibility index (Phi) is 3.98. The number of alkyl halides is 3. The number of hydrogen-bond donors (Lipinski definition) is 0. The van der Waals surface area contributed by atoms with Crippen molar-refractivity contribution in [1.82, 2.24) is 0 Å². The van der Waals surface area contributed by atoms with Gasteiger partial charge in [-0.1, -0.05) is 11.6 Å². The maximum Gasteiger partial charge on any atom is 0.454 e. The van der Waals surface area contributed by atoms with E-state index in [1.54, 1.807) is 0 Å². The molecule has 17 heavy (non-hydrogen) atoms. The lowest BCUT2D eigenvalue weighted by Gasteiger charge is -2.10. The molecule has 0 radical (unpaired) electrons. The third-order valence-corrected chi connectivity index (χ3v) is 2.02. The lowest BCUT2D eigenvalue weighted by atomic mass is 10.1. The van der Waals surface area contributed by atoms with E-state index in [9.17, 15) is 22.4 Å². The molecule has 0 fully saturated rings. The van der Waals surface area contributed by atoms with Crippen molar-refractivity contribution in [1.29, 1.82) is 0 Å². The summed E-state index contributed by atoms with van der Waals surface area (Å²) in [7, 11) is 0. The van der Waals surface area contributed by atoms with Crippen molar-refractivity contribution in [2.45, 2.75) is 13.1 Å². The number of rotatable bonds is 3. The van der Waals surface area contributed by atoms with E-state index in [1.807, 2.05) is 0 Å². The number of carbonyl (C=O) groups is 1. The molecule has 0 aliphatic heterocycles. The molecule has 94 valence electrons. The molecule has 0 aliphatic rings. The van der Waals surface area contributed by atoms with Gasteiger partial charge < -0.3 is 4.74 Å². The second-order valence-corrected chi connectivity index (χ2v) is 3.46. The lowest BCUT2D eigenvalue weighted by Crippen LogP contribution is -2.24. The highest BCUT2D eigenvalue weighted by atomic mass is 35.5. The fourth-order valence-corrected chi connectivity index (χ4v) is 1.35. The summed E-state index contributed by atoms with van der Waals surface area (Å²) in [5.41, 5.74) is -1.14. The molecule has 0 amide bonds. The highest BCUT2D eigenvalue weighted by molar-refractivity contribution is 6.31. The van der Waals surface area contributed by atoms with Crippen LogP contribution >= 0.6 is 11.6 Å². The van der Waals surface area contributed by atoms with Crippen molar-refractivity contribution < 1.29 is 27.1 Å².